The normalized spacial score (nSPS) is 20.1. The first-order chi connectivity index (χ1) is 9.06. The molecule has 1 saturated heterocycles. The molecule has 1 aliphatic rings. The van der Waals surface area contributed by atoms with E-state index in [1.54, 1.807) is 0 Å². The van der Waals surface area contributed by atoms with Gasteiger partial charge in [-0.05, 0) is 30.5 Å². The molecule has 0 aliphatic carbocycles. The lowest BCUT2D eigenvalue weighted by Crippen LogP contribution is -2.51. The highest BCUT2D eigenvalue weighted by Gasteiger charge is 2.28. The molecule has 1 amide bonds. The predicted molar refractivity (Wildman–Crippen MR) is 78.2 cm³/mol. The SMILES string of the molecule is CC(C)NC1CCCN(Cc2ccc(Cl)cc2)C1=O. The van der Waals surface area contributed by atoms with Crippen molar-refractivity contribution >= 4 is 17.5 Å². The number of likely N-dealkylation sites (tertiary alicyclic amines) is 1. The van der Waals surface area contributed by atoms with Crippen molar-refractivity contribution in [1.82, 2.24) is 10.2 Å². The summed E-state index contributed by atoms with van der Waals surface area (Å²) >= 11 is 5.87. The standard InChI is InChI=1S/C15H21ClN2O/c1-11(2)17-14-4-3-9-18(15(14)19)10-12-5-7-13(16)8-6-12/h5-8,11,14,17H,3-4,9-10H2,1-2H3. The van der Waals surface area contributed by atoms with E-state index < -0.39 is 0 Å². The first-order valence-corrected chi connectivity index (χ1v) is 7.23. The highest BCUT2D eigenvalue weighted by atomic mass is 35.5. The van der Waals surface area contributed by atoms with E-state index in [0.29, 0.717) is 12.6 Å². The lowest BCUT2D eigenvalue weighted by molar-refractivity contribution is -0.136. The summed E-state index contributed by atoms with van der Waals surface area (Å²) in [4.78, 5) is 14.3. The topological polar surface area (TPSA) is 32.3 Å². The summed E-state index contributed by atoms with van der Waals surface area (Å²) < 4.78 is 0. The van der Waals surface area contributed by atoms with Gasteiger partial charge in [-0.3, -0.25) is 4.79 Å². The van der Waals surface area contributed by atoms with Crippen LogP contribution < -0.4 is 5.32 Å². The molecule has 1 fully saturated rings. The van der Waals surface area contributed by atoms with Crippen LogP contribution in [0.4, 0.5) is 0 Å². The smallest absolute Gasteiger partial charge is 0.240 e. The summed E-state index contributed by atoms with van der Waals surface area (Å²) in [5.74, 6) is 0.218. The second-order valence-corrected chi connectivity index (χ2v) is 5.84. The largest absolute Gasteiger partial charge is 0.337 e. The zero-order chi connectivity index (χ0) is 13.8. The Bertz CT molecular complexity index is 430. The van der Waals surface area contributed by atoms with Crippen LogP contribution in [0.15, 0.2) is 24.3 Å². The van der Waals surface area contributed by atoms with Gasteiger partial charge < -0.3 is 10.2 Å². The fourth-order valence-electron chi connectivity index (χ4n) is 2.46. The molecule has 1 aromatic carbocycles. The molecule has 0 bridgehead atoms. The number of benzene rings is 1. The Morgan fingerprint density at radius 2 is 2.05 bits per heavy atom. The van der Waals surface area contributed by atoms with E-state index in [2.05, 4.69) is 19.2 Å². The van der Waals surface area contributed by atoms with Crippen LogP contribution in [0.3, 0.4) is 0 Å². The quantitative estimate of drug-likeness (QED) is 0.920. The van der Waals surface area contributed by atoms with Gasteiger partial charge in [0.15, 0.2) is 0 Å². The molecule has 1 atom stereocenters. The average Bonchev–Trinajstić information content (AvgIpc) is 2.36. The van der Waals surface area contributed by atoms with Gasteiger partial charge in [0.05, 0.1) is 6.04 Å². The summed E-state index contributed by atoms with van der Waals surface area (Å²) in [5, 5.41) is 4.07. The number of carbonyl (C=O) groups is 1. The second-order valence-electron chi connectivity index (χ2n) is 5.40. The molecule has 2 rings (SSSR count). The monoisotopic (exact) mass is 280 g/mol. The molecular weight excluding hydrogens is 260 g/mol. The van der Waals surface area contributed by atoms with Gasteiger partial charge in [-0.15, -0.1) is 0 Å². The Balaban J connectivity index is 1.99. The highest BCUT2D eigenvalue weighted by Crippen LogP contribution is 2.17. The van der Waals surface area contributed by atoms with E-state index in [-0.39, 0.29) is 11.9 Å². The molecule has 1 aromatic rings. The Hall–Kier alpha value is -1.06. The van der Waals surface area contributed by atoms with Crippen molar-refractivity contribution < 1.29 is 4.79 Å². The maximum Gasteiger partial charge on any atom is 0.240 e. The molecule has 3 nitrogen and oxygen atoms in total. The predicted octanol–water partition coefficient (Wildman–Crippen LogP) is 2.83. The molecule has 0 spiro atoms. The number of piperidine rings is 1. The average molecular weight is 281 g/mol. The van der Waals surface area contributed by atoms with Crippen LogP contribution >= 0.6 is 11.6 Å². The zero-order valence-electron chi connectivity index (χ0n) is 11.5. The summed E-state index contributed by atoms with van der Waals surface area (Å²) in [5.41, 5.74) is 1.13. The summed E-state index contributed by atoms with van der Waals surface area (Å²) in [7, 11) is 0. The number of rotatable bonds is 4. The van der Waals surface area contributed by atoms with E-state index in [1.807, 2.05) is 29.2 Å². The fourth-order valence-corrected chi connectivity index (χ4v) is 2.59. The van der Waals surface area contributed by atoms with Gasteiger partial charge in [0.25, 0.3) is 0 Å². The maximum atomic E-state index is 12.4. The number of halogens is 1. The van der Waals surface area contributed by atoms with Crippen LogP contribution in [0.2, 0.25) is 5.02 Å². The van der Waals surface area contributed by atoms with Crippen LogP contribution in [-0.2, 0) is 11.3 Å². The van der Waals surface area contributed by atoms with E-state index in [4.69, 9.17) is 11.6 Å². The molecule has 4 heteroatoms. The van der Waals surface area contributed by atoms with Crippen LogP contribution in [0.1, 0.15) is 32.3 Å². The van der Waals surface area contributed by atoms with Gasteiger partial charge in [0.2, 0.25) is 5.91 Å². The van der Waals surface area contributed by atoms with Gasteiger partial charge in [-0.25, -0.2) is 0 Å². The molecule has 1 aliphatic heterocycles. The van der Waals surface area contributed by atoms with Crippen molar-refractivity contribution in [1.29, 1.82) is 0 Å². The van der Waals surface area contributed by atoms with E-state index >= 15 is 0 Å². The lowest BCUT2D eigenvalue weighted by atomic mass is 10.0. The van der Waals surface area contributed by atoms with Crippen molar-refractivity contribution in [3.63, 3.8) is 0 Å². The minimum absolute atomic E-state index is 0.0268. The molecule has 1 heterocycles. The Morgan fingerprint density at radius 1 is 1.37 bits per heavy atom. The van der Waals surface area contributed by atoms with Gasteiger partial charge in [0, 0.05) is 24.2 Å². The van der Waals surface area contributed by atoms with E-state index in [9.17, 15) is 4.79 Å². The number of nitrogens with zero attached hydrogens (tertiary/aromatic N) is 1. The third-order valence-electron chi connectivity index (χ3n) is 3.35. The van der Waals surface area contributed by atoms with Gasteiger partial charge in [0.1, 0.15) is 0 Å². The molecule has 19 heavy (non-hydrogen) atoms. The molecule has 1 unspecified atom stereocenters. The number of nitrogens with one attached hydrogen (secondary N) is 1. The molecule has 104 valence electrons. The molecule has 0 aromatic heterocycles. The number of carbonyl (C=O) groups excluding carboxylic acids is 1. The van der Waals surface area contributed by atoms with Crippen molar-refractivity contribution in [2.45, 2.75) is 45.3 Å². The molecule has 0 radical (unpaired) electrons. The molecular formula is C15H21ClN2O. The first-order valence-electron chi connectivity index (χ1n) is 6.85. The van der Waals surface area contributed by atoms with Crippen LogP contribution in [0.5, 0.6) is 0 Å². The van der Waals surface area contributed by atoms with Crippen LogP contribution in [0, 0.1) is 0 Å². The molecule has 0 saturated carbocycles. The number of hydrogen-bond acceptors (Lipinski definition) is 2. The maximum absolute atomic E-state index is 12.4. The third kappa shape index (κ3) is 3.95. The first kappa shape index (κ1) is 14.4. The van der Waals surface area contributed by atoms with E-state index in [1.165, 1.54) is 0 Å². The lowest BCUT2D eigenvalue weighted by Gasteiger charge is -2.33. The highest BCUT2D eigenvalue weighted by molar-refractivity contribution is 6.30. The van der Waals surface area contributed by atoms with Crippen molar-refractivity contribution in [3.8, 4) is 0 Å². The second kappa shape index (κ2) is 6.40. The summed E-state index contributed by atoms with van der Waals surface area (Å²) in [6.07, 6.45) is 2.00. The van der Waals surface area contributed by atoms with Crippen molar-refractivity contribution in [2.24, 2.45) is 0 Å². The fraction of sp³-hybridized carbons (Fsp3) is 0.533. The Labute approximate surface area is 119 Å². The van der Waals surface area contributed by atoms with Crippen molar-refractivity contribution in [3.05, 3.63) is 34.9 Å². The van der Waals surface area contributed by atoms with Crippen molar-refractivity contribution in [2.75, 3.05) is 6.54 Å². The van der Waals surface area contributed by atoms with E-state index in [0.717, 1.165) is 30.0 Å². The summed E-state index contributed by atoms with van der Waals surface area (Å²) in [6.45, 7) is 5.67. The van der Waals surface area contributed by atoms with Crippen LogP contribution in [0.25, 0.3) is 0 Å². The number of hydrogen-bond donors (Lipinski definition) is 1. The minimum Gasteiger partial charge on any atom is -0.337 e. The molecule has 1 N–H and O–H groups in total. The van der Waals surface area contributed by atoms with Gasteiger partial charge >= 0.3 is 0 Å². The third-order valence-corrected chi connectivity index (χ3v) is 3.60. The summed E-state index contributed by atoms with van der Waals surface area (Å²) in [6, 6.07) is 8.01. The van der Waals surface area contributed by atoms with Gasteiger partial charge in [-0.2, -0.15) is 0 Å². The Kier molecular flexibility index (Phi) is 4.83. The van der Waals surface area contributed by atoms with Crippen LogP contribution in [-0.4, -0.2) is 29.4 Å². The van der Waals surface area contributed by atoms with Gasteiger partial charge in [-0.1, -0.05) is 37.6 Å². The minimum atomic E-state index is -0.0268. The number of amides is 1. The Morgan fingerprint density at radius 3 is 2.68 bits per heavy atom. The zero-order valence-corrected chi connectivity index (χ0v) is 12.3.